The summed E-state index contributed by atoms with van der Waals surface area (Å²) in [5.41, 5.74) is 1.38. The Morgan fingerprint density at radius 3 is 2.54 bits per heavy atom. The van der Waals surface area contributed by atoms with Crippen LogP contribution in [0.25, 0.3) is 0 Å². The van der Waals surface area contributed by atoms with Crippen molar-refractivity contribution in [2.24, 2.45) is 0 Å². The molecule has 1 aromatic carbocycles. The van der Waals surface area contributed by atoms with Crippen molar-refractivity contribution in [1.29, 1.82) is 0 Å². The van der Waals surface area contributed by atoms with Crippen LogP contribution in [0.1, 0.15) is 32.3 Å². The first-order valence-corrected chi connectivity index (χ1v) is 8.74. The number of morpholine rings is 1. The molecule has 132 valence electrons. The van der Waals surface area contributed by atoms with Gasteiger partial charge in [0.05, 0.1) is 17.9 Å². The molecule has 2 atom stereocenters. The Hall–Kier alpha value is -1.82. The van der Waals surface area contributed by atoms with E-state index in [0.29, 0.717) is 25.3 Å². The summed E-state index contributed by atoms with van der Waals surface area (Å²) in [4.78, 5) is 15.8. The molecule has 0 spiro atoms. The molecular weight excluding hydrogens is 309 g/mol. The molecule has 6 heteroatoms. The Morgan fingerprint density at radius 2 is 1.92 bits per heavy atom. The fourth-order valence-electron chi connectivity index (χ4n) is 3.50. The summed E-state index contributed by atoms with van der Waals surface area (Å²) in [6, 6.07) is 5.14. The number of benzene rings is 1. The molecular formula is C18H26FN3O2. The first-order chi connectivity index (χ1) is 11.5. The van der Waals surface area contributed by atoms with Crippen LogP contribution in [-0.4, -0.2) is 49.3 Å². The molecule has 0 radical (unpaired) electrons. The van der Waals surface area contributed by atoms with Gasteiger partial charge in [0.2, 0.25) is 0 Å². The van der Waals surface area contributed by atoms with Crippen molar-refractivity contribution < 1.29 is 13.9 Å². The molecule has 2 aliphatic rings. The fourth-order valence-corrected chi connectivity index (χ4v) is 3.50. The van der Waals surface area contributed by atoms with Crippen molar-refractivity contribution in [2.75, 3.05) is 31.1 Å². The number of likely N-dealkylation sites (tertiary alicyclic amines) is 1. The van der Waals surface area contributed by atoms with Gasteiger partial charge in [-0.2, -0.15) is 0 Å². The lowest BCUT2D eigenvalue weighted by Crippen LogP contribution is -2.45. The maximum atomic E-state index is 14.5. The molecule has 0 bridgehead atoms. The van der Waals surface area contributed by atoms with E-state index in [9.17, 15) is 9.18 Å². The number of amides is 2. The highest BCUT2D eigenvalue weighted by Crippen LogP contribution is 2.24. The van der Waals surface area contributed by atoms with E-state index in [1.807, 2.05) is 24.8 Å². The summed E-state index contributed by atoms with van der Waals surface area (Å²) in [6.45, 7) is 7.35. The Morgan fingerprint density at radius 1 is 1.25 bits per heavy atom. The van der Waals surface area contributed by atoms with Gasteiger partial charge < -0.3 is 19.9 Å². The van der Waals surface area contributed by atoms with Crippen molar-refractivity contribution in [3.63, 3.8) is 0 Å². The van der Waals surface area contributed by atoms with Gasteiger partial charge in [0.1, 0.15) is 5.82 Å². The van der Waals surface area contributed by atoms with E-state index in [4.69, 9.17) is 4.74 Å². The summed E-state index contributed by atoms with van der Waals surface area (Å²) in [5.74, 6) is -0.246. The average molecular weight is 335 g/mol. The van der Waals surface area contributed by atoms with Crippen LogP contribution in [0.4, 0.5) is 14.9 Å². The Kier molecular flexibility index (Phi) is 5.23. The average Bonchev–Trinajstić information content (AvgIpc) is 3.06. The lowest BCUT2D eigenvalue weighted by atomic mass is 10.1. The van der Waals surface area contributed by atoms with E-state index >= 15 is 0 Å². The highest BCUT2D eigenvalue weighted by atomic mass is 19.1. The number of nitrogens with zero attached hydrogens (tertiary/aromatic N) is 2. The van der Waals surface area contributed by atoms with E-state index < -0.39 is 0 Å². The molecule has 24 heavy (non-hydrogen) atoms. The summed E-state index contributed by atoms with van der Waals surface area (Å²) >= 11 is 0. The molecule has 5 nitrogen and oxygen atoms in total. The minimum Gasteiger partial charge on any atom is -0.372 e. The number of carbonyl (C=O) groups excluding carboxylic acids is 1. The van der Waals surface area contributed by atoms with E-state index in [-0.39, 0.29) is 24.1 Å². The SMILES string of the molecule is CC1CN(c2ccc(CNC(=O)N3CCCC3)cc2F)CC(C)O1. The minimum absolute atomic E-state index is 0.0622. The van der Waals surface area contributed by atoms with Crippen LogP contribution in [-0.2, 0) is 11.3 Å². The normalized spacial score (nSPS) is 24.3. The highest BCUT2D eigenvalue weighted by Gasteiger charge is 2.24. The first kappa shape index (κ1) is 17.0. The van der Waals surface area contributed by atoms with E-state index in [1.54, 1.807) is 11.0 Å². The van der Waals surface area contributed by atoms with E-state index in [2.05, 4.69) is 5.32 Å². The number of hydrogen-bond acceptors (Lipinski definition) is 3. The van der Waals surface area contributed by atoms with E-state index in [0.717, 1.165) is 31.5 Å². The Labute approximate surface area is 142 Å². The number of hydrogen-bond donors (Lipinski definition) is 1. The van der Waals surface area contributed by atoms with Crippen LogP contribution in [0.15, 0.2) is 18.2 Å². The molecule has 1 aromatic rings. The molecule has 0 aromatic heterocycles. The lowest BCUT2D eigenvalue weighted by Gasteiger charge is -2.37. The van der Waals surface area contributed by atoms with Gasteiger partial charge in [-0.3, -0.25) is 0 Å². The first-order valence-electron chi connectivity index (χ1n) is 8.74. The molecule has 2 heterocycles. The zero-order chi connectivity index (χ0) is 17.1. The van der Waals surface area contributed by atoms with E-state index in [1.165, 1.54) is 6.07 Å². The molecule has 0 aliphatic carbocycles. The third-order valence-corrected chi connectivity index (χ3v) is 4.61. The topological polar surface area (TPSA) is 44.8 Å². The van der Waals surface area contributed by atoms with Gasteiger partial charge in [-0.05, 0) is 44.4 Å². The largest absolute Gasteiger partial charge is 0.372 e. The third kappa shape index (κ3) is 3.98. The standard InChI is InChI=1S/C18H26FN3O2/c1-13-11-22(12-14(2)24-13)17-6-5-15(9-16(17)19)10-20-18(23)21-7-3-4-8-21/h5-6,9,13-14H,3-4,7-8,10-12H2,1-2H3,(H,20,23). The quantitative estimate of drug-likeness (QED) is 0.924. The second kappa shape index (κ2) is 7.38. The maximum Gasteiger partial charge on any atom is 0.317 e. The van der Waals surface area contributed by atoms with Crippen LogP contribution in [0.2, 0.25) is 0 Å². The number of ether oxygens (including phenoxy) is 1. The number of carbonyl (C=O) groups is 1. The van der Waals surface area contributed by atoms with Gasteiger partial charge in [-0.25, -0.2) is 9.18 Å². The molecule has 3 rings (SSSR count). The summed E-state index contributed by atoms with van der Waals surface area (Å²) < 4.78 is 20.2. The summed E-state index contributed by atoms with van der Waals surface area (Å²) in [7, 11) is 0. The van der Waals surface area contributed by atoms with Gasteiger partial charge in [-0.1, -0.05) is 6.07 Å². The van der Waals surface area contributed by atoms with Crippen molar-refractivity contribution in [1.82, 2.24) is 10.2 Å². The smallest absolute Gasteiger partial charge is 0.317 e. The number of anilines is 1. The zero-order valence-electron chi connectivity index (χ0n) is 14.4. The number of nitrogens with one attached hydrogen (secondary N) is 1. The molecule has 2 aliphatic heterocycles. The van der Waals surface area contributed by atoms with Crippen molar-refractivity contribution in [3.8, 4) is 0 Å². The number of rotatable bonds is 3. The van der Waals surface area contributed by atoms with Crippen molar-refractivity contribution in [2.45, 2.75) is 45.4 Å². The van der Waals surface area contributed by atoms with Gasteiger partial charge in [0, 0.05) is 32.7 Å². The summed E-state index contributed by atoms with van der Waals surface area (Å²) in [5, 5.41) is 2.87. The highest BCUT2D eigenvalue weighted by molar-refractivity contribution is 5.74. The van der Waals surface area contributed by atoms with Crippen LogP contribution < -0.4 is 10.2 Å². The molecule has 0 saturated carbocycles. The van der Waals surface area contributed by atoms with Crippen LogP contribution in [0.3, 0.4) is 0 Å². The molecule has 1 N–H and O–H groups in total. The second-order valence-corrected chi connectivity index (χ2v) is 6.80. The molecule has 2 fully saturated rings. The molecule has 2 unspecified atom stereocenters. The van der Waals surface area contributed by atoms with Gasteiger partial charge in [0.25, 0.3) is 0 Å². The maximum absolute atomic E-state index is 14.5. The predicted octanol–water partition coefficient (Wildman–Crippen LogP) is 2.74. The van der Waals surface area contributed by atoms with Crippen LogP contribution >= 0.6 is 0 Å². The third-order valence-electron chi connectivity index (χ3n) is 4.61. The Balaban J connectivity index is 1.61. The van der Waals surface area contributed by atoms with Gasteiger partial charge in [0.15, 0.2) is 0 Å². The van der Waals surface area contributed by atoms with Gasteiger partial charge in [-0.15, -0.1) is 0 Å². The minimum atomic E-state index is -0.246. The molecule has 2 amide bonds. The van der Waals surface area contributed by atoms with Crippen LogP contribution in [0.5, 0.6) is 0 Å². The lowest BCUT2D eigenvalue weighted by molar-refractivity contribution is -0.00539. The van der Waals surface area contributed by atoms with Crippen molar-refractivity contribution >= 4 is 11.7 Å². The van der Waals surface area contributed by atoms with Gasteiger partial charge >= 0.3 is 6.03 Å². The second-order valence-electron chi connectivity index (χ2n) is 6.80. The number of halogens is 1. The summed E-state index contributed by atoms with van der Waals surface area (Å²) in [6.07, 6.45) is 2.31. The monoisotopic (exact) mass is 335 g/mol. The van der Waals surface area contributed by atoms with Crippen LogP contribution in [0, 0.1) is 5.82 Å². The predicted molar refractivity (Wildman–Crippen MR) is 91.7 cm³/mol. The fraction of sp³-hybridized carbons (Fsp3) is 0.611. The van der Waals surface area contributed by atoms with Crippen molar-refractivity contribution in [3.05, 3.63) is 29.6 Å². The zero-order valence-corrected chi connectivity index (χ0v) is 14.4. The molecule has 2 saturated heterocycles. The number of urea groups is 1. The Bertz CT molecular complexity index is 580.